The maximum atomic E-state index is 12.3. The molecule has 110 valence electrons. The van der Waals surface area contributed by atoms with Crippen LogP contribution in [-0.4, -0.2) is 21.5 Å². The minimum atomic E-state index is -3.37. The zero-order chi connectivity index (χ0) is 14.3. The van der Waals surface area contributed by atoms with Crippen molar-refractivity contribution in [2.24, 2.45) is 0 Å². The van der Waals surface area contributed by atoms with Gasteiger partial charge in [0, 0.05) is 18.0 Å². The number of hydrogen-bond acceptors (Lipinski definition) is 4. The van der Waals surface area contributed by atoms with Gasteiger partial charge in [0.25, 0.3) is 0 Å². The van der Waals surface area contributed by atoms with Gasteiger partial charge < -0.3 is 5.32 Å². The van der Waals surface area contributed by atoms with E-state index in [1.165, 1.54) is 11.3 Å². The summed E-state index contributed by atoms with van der Waals surface area (Å²) >= 11 is 1.51. The van der Waals surface area contributed by atoms with Gasteiger partial charge in [-0.2, -0.15) is 0 Å². The van der Waals surface area contributed by atoms with Crippen LogP contribution in [0.5, 0.6) is 0 Å². The third-order valence-electron chi connectivity index (χ3n) is 2.87. The summed E-state index contributed by atoms with van der Waals surface area (Å²) in [6.45, 7) is 7.93. The number of sulfonamides is 1. The van der Waals surface area contributed by atoms with E-state index < -0.39 is 10.0 Å². The highest BCUT2D eigenvalue weighted by molar-refractivity contribution is 7.89. The molecule has 0 radical (unpaired) electrons. The average molecular weight is 304 g/mol. The zero-order valence-electron chi connectivity index (χ0n) is 12.0. The Morgan fingerprint density at radius 2 is 2.00 bits per heavy atom. The van der Waals surface area contributed by atoms with Crippen molar-refractivity contribution in [1.82, 2.24) is 10.0 Å². The molecule has 0 aliphatic heterocycles. The second kappa shape index (κ2) is 7.99. The maximum Gasteiger partial charge on any atom is 0.241 e. The molecule has 0 saturated heterocycles. The Bertz CT molecular complexity index is 481. The molecule has 0 fully saturated rings. The third kappa shape index (κ3) is 4.87. The van der Waals surface area contributed by atoms with E-state index in [0.29, 0.717) is 18.0 Å². The predicted molar refractivity (Wildman–Crippen MR) is 81.2 cm³/mol. The normalized spacial score (nSPS) is 11.9. The summed E-state index contributed by atoms with van der Waals surface area (Å²) in [5.41, 5.74) is 0.834. The molecule has 0 saturated carbocycles. The van der Waals surface area contributed by atoms with Crippen LogP contribution in [0.1, 0.15) is 43.6 Å². The number of unbranched alkanes of at least 4 members (excludes halogenated alkanes) is 2. The Hall–Kier alpha value is -0.430. The van der Waals surface area contributed by atoms with E-state index in [0.717, 1.165) is 36.2 Å². The topological polar surface area (TPSA) is 58.2 Å². The van der Waals surface area contributed by atoms with E-state index in [-0.39, 0.29) is 0 Å². The van der Waals surface area contributed by atoms with Crippen molar-refractivity contribution in [2.45, 2.75) is 51.5 Å². The molecule has 0 aliphatic carbocycles. The van der Waals surface area contributed by atoms with Crippen LogP contribution in [0, 0.1) is 6.92 Å². The van der Waals surface area contributed by atoms with Gasteiger partial charge in [0.05, 0.1) is 0 Å². The molecule has 6 heteroatoms. The zero-order valence-corrected chi connectivity index (χ0v) is 13.6. The molecule has 2 N–H and O–H groups in total. The van der Waals surface area contributed by atoms with Crippen molar-refractivity contribution in [3.05, 3.63) is 15.8 Å². The van der Waals surface area contributed by atoms with E-state index in [4.69, 9.17) is 0 Å². The average Bonchev–Trinajstić information content (AvgIpc) is 2.74. The number of aryl methyl sites for hydroxylation is 1. The summed E-state index contributed by atoms with van der Waals surface area (Å²) in [5.74, 6) is 0. The SMILES string of the molecule is CCCCCNS(=O)(=O)c1c(C)csc1CNCC. The molecule has 1 aromatic heterocycles. The molecule has 1 heterocycles. The van der Waals surface area contributed by atoms with E-state index in [1.54, 1.807) is 0 Å². The van der Waals surface area contributed by atoms with Crippen LogP contribution in [0.2, 0.25) is 0 Å². The van der Waals surface area contributed by atoms with Gasteiger partial charge in [-0.1, -0.05) is 26.7 Å². The largest absolute Gasteiger partial charge is 0.312 e. The third-order valence-corrected chi connectivity index (χ3v) is 5.79. The Balaban J connectivity index is 2.78. The van der Waals surface area contributed by atoms with Crippen molar-refractivity contribution < 1.29 is 8.42 Å². The lowest BCUT2D eigenvalue weighted by molar-refractivity contribution is 0.574. The van der Waals surface area contributed by atoms with E-state index in [9.17, 15) is 8.42 Å². The van der Waals surface area contributed by atoms with E-state index in [2.05, 4.69) is 17.0 Å². The van der Waals surface area contributed by atoms with Crippen molar-refractivity contribution in [2.75, 3.05) is 13.1 Å². The Morgan fingerprint density at radius 1 is 1.26 bits per heavy atom. The molecule has 0 spiro atoms. The molecule has 0 unspecified atom stereocenters. The molecule has 0 aliphatic rings. The lowest BCUT2D eigenvalue weighted by atomic mass is 10.3. The maximum absolute atomic E-state index is 12.3. The van der Waals surface area contributed by atoms with Gasteiger partial charge in [0.2, 0.25) is 10.0 Å². The fraction of sp³-hybridized carbons (Fsp3) is 0.692. The molecule has 4 nitrogen and oxygen atoms in total. The molecule has 1 rings (SSSR count). The molecule has 19 heavy (non-hydrogen) atoms. The lowest BCUT2D eigenvalue weighted by Crippen LogP contribution is -2.26. The Labute approximate surface area is 120 Å². The van der Waals surface area contributed by atoms with Crippen LogP contribution < -0.4 is 10.0 Å². The van der Waals surface area contributed by atoms with Crippen LogP contribution in [0.15, 0.2) is 10.3 Å². The summed E-state index contributed by atoms with van der Waals surface area (Å²) in [5, 5.41) is 5.09. The quantitative estimate of drug-likeness (QED) is 0.690. The first-order valence-corrected chi connectivity index (χ1v) is 9.16. The number of rotatable bonds is 9. The van der Waals surface area contributed by atoms with Crippen molar-refractivity contribution in [1.29, 1.82) is 0 Å². The molecule has 0 aromatic carbocycles. The van der Waals surface area contributed by atoms with Gasteiger partial charge in [-0.15, -0.1) is 11.3 Å². The summed E-state index contributed by atoms with van der Waals surface area (Å²) < 4.78 is 27.4. The van der Waals surface area contributed by atoms with Crippen LogP contribution in [0.25, 0.3) is 0 Å². The Kier molecular flexibility index (Phi) is 6.99. The van der Waals surface area contributed by atoms with Crippen molar-refractivity contribution >= 4 is 21.4 Å². The van der Waals surface area contributed by atoms with Crippen LogP contribution in [0.3, 0.4) is 0 Å². The first-order valence-electron chi connectivity index (χ1n) is 6.80. The molecular formula is C13H24N2O2S2. The number of hydrogen-bond donors (Lipinski definition) is 2. The number of nitrogens with one attached hydrogen (secondary N) is 2. The standard InChI is InChI=1S/C13H24N2O2S2/c1-4-6-7-8-15-19(16,17)13-11(3)10-18-12(13)9-14-5-2/h10,14-15H,4-9H2,1-3H3. The monoisotopic (exact) mass is 304 g/mol. The van der Waals surface area contributed by atoms with E-state index in [1.807, 2.05) is 19.2 Å². The minimum Gasteiger partial charge on any atom is -0.312 e. The van der Waals surface area contributed by atoms with Crippen LogP contribution >= 0.6 is 11.3 Å². The van der Waals surface area contributed by atoms with Crippen LogP contribution in [0.4, 0.5) is 0 Å². The minimum absolute atomic E-state index is 0.468. The fourth-order valence-corrected chi connectivity index (χ4v) is 4.71. The van der Waals surface area contributed by atoms with Crippen LogP contribution in [-0.2, 0) is 16.6 Å². The Morgan fingerprint density at radius 3 is 2.63 bits per heavy atom. The van der Waals surface area contributed by atoms with Gasteiger partial charge >= 0.3 is 0 Å². The lowest BCUT2D eigenvalue weighted by Gasteiger charge is -2.09. The van der Waals surface area contributed by atoms with Gasteiger partial charge in [-0.3, -0.25) is 0 Å². The summed E-state index contributed by atoms with van der Waals surface area (Å²) in [7, 11) is -3.37. The first-order chi connectivity index (χ1) is 9.03. The summed E-state index contributed by atoms with van der Waals surface area (Å²) in [6.07, 6.45) is 3.03. The smallest absolute Gasteiger partial charge is 0.241 e. The van der Waals surface area contributed by atoms with Gasteiger partial charge in [-0.05, 0) is 30.8 Å². The molecule has 0 bridgehead atoms. The van der Waals surface area contributed by atoms with E-state index >= 15 is 0 Å². The molecular weight excluding hydrogens is 280 g/mol. The summed E-state index contributed by atoms with van der Waals surface area (Å²) in [4.78, 5) is 1.36. The van der Waals surface area contributed by atoms with Gasteiger partial charge in [-0.25, -0.2) is 13.1 Å². The second-order valence-electron chi connectivity index (χ2n) is 4.56. The highest BCUT2D eigenvalue weighted by Crippen LogP contribution is 2.26. The highest BCUT2D eigenvalue weighted by Gasteiger charge is 2.22. The second-order valence-corrected chi connectivity index (χ2v) is 7.22. The van der Waals surface area contributed by atoms with Gasteiger partial charge in [0.15, 0.2) is 0 Å². The summed E-state index contributed by atoms with van der Waals surface area (Å²) in [6, 6.07) is 0. The highest BCUT2D eigenvalue weighted by atomic mass is 32.2. The predicted octanol–water partition coefficient (Wildman–Crippen LogP) is 2.63. The van der Waals surface area contributed by atoms with Crippen molar-refractivity contribution in [3.8, 4) is 0 Å². The molecule has 0 amide bonds. The first kappa shape index (κ1) is 16.6. The molecule has 1 aromatic rings. The molecule has 0 atom stereocenters. The van der Waals surface area contributed by atoms with Crippen molar-refractivity contribution in [3.63, 3.8) is 0 Å². The fourth-order valence-electron chi connectivity index (χ4n) is 1.86. The van der Waals surface area contributed by atoms with Gasteiger partial charge in [0.1, 0.15) is 4.90 Å². The number of thiophene rings is 1.